The third kappa shape index (κ3) is 4.33. The molecular formula is C22H22N4O3S. The first kappa shape index (κ1) is 20.0. The molecule has 0 bridgehead atoms. The summed E-state index contributed by atoms with van der Waals surface area (Å²) >= 11 is 0. The number of amides is 1. The monoisotopic (exact) mass is 422 g/mol. The van der Waals surface area contributed by atoms with E-state index in [-0.39, 0.29) is 16.7 Å². The molecule has 4 rings (SSSR count). The molecule has 0 unspecified atom stereocenters. The number of nitrogens with one attached hydrogen (secondary N) is 2. The Morgan fingerprint density at radius 1 is 1.10 bits per heavy atom. The van der Waals surface area contributed by atoms with E-state index in [1.165, 1.54) is 6.26 Å². The molecule has 8 heteroatoms. The fourth-order valence-corrected chi connectivity index (χ4v) is 3.84. The second-order valence-electron chi connectivity index (χ2n) is 7.37. The van der Waals surface area contributed by atoms with E-state index in [0.29, 0.717) is 11.6 Å². The van der Waals surface area contributed by atoms with Gasteiger partial charge in [0, 0.05) is 42.6 Å². The van der Waals surface area contributed by atoms with E-state index in [4.69, 9.17) is 0 Å². The van der Waals surface area contributed by atoms with Gasteiger partial charge in [-0.15, -0.1) is 0 Å². The Balaban J connectivity index is 1.72. The zero-order chi connectivity index (χ0) is 21.3. The Kier molecular flexibility index (Phi) is 5.26. The van der Waals surface area contributed by atoms with Gasteiger partial charge in [0.05, 0.1) is 4.90 Å². The Morgan fingerprint density at radius 3 is 2.60 bits per heavy atom. The third-order valence-corrected chi connectivity index (χ3v) is 6.09. The number of pyridine rings is 2. The van der Waals surface area contributed by atoms with Crippen LogP contribution in [0.3, 0.4) is 0 Å². The molecule has 1 aromatic carbocycles. The number of benzene rings is 1. The van der Waals surface area contributed by atoms with Crippen LogP contribution in [0.5, 0.6) is 0 Å². The van der Waals surface area contributed by atoms with Crippen molar-refractivity contribution < 1.29 is 13.2 Å². The average molecular weight is 423 g/mol. The first-order valence-electron chi connectivity index (χ1n) is 9.61. The number of hydrogen-bond donors (Lipinski definition) is 2. The van der Waals surface area contributed by atoms with Gasteiger partial charge in [0.2, 0.25) is 5.91 Å². The lowest BCUT2D eigenvalue weighted by Gasteiger charge is -2.10. The van der Waals surface area contributed by atoms with Gasteiger partial charge in [-0.05, 0) is 42.0 Å². The van der Waals surface area contributed by atoms with Gasteiger partial charge >= 0.3 is 0 Å². The van der Waals surface area contributed by atoms with Crippen molar-refractivity contribution in [3.8, 4) is 0 Å². The normalized spacial score (nSPS) is 14.2. The first-order chi connectivity index (χ1) is 14.3. The molecule has 1 saturated carbocycles. The molecule has 154 valence electrons. The predicted octanol–water partition coefficient (Wildman–Crippen LogP) is 3.59. The number of anilines is 2. The molecule has 0 atom stereocenters. The minimum atomic E-state index is -3.27. The minimum absolute atomic E-state index is 0.000530. The molecular weight excluding hydrogens is 400 g/mol. The van der Waals surface area contributed by atoms with Crippen LogP contribution in [-0.4, -0.2) is 37.6 Å². The Labute approximate surface area is 175 Å². The summed E-state index contributed by atoms with van der Waals surface area (Å²) in [6, 6.07) is 8.60. The van der Waals surface area contributed by atoms with Crippen molar-refractivity contribution >= 4 is 50.3 Å². The van der Waals surface area contributed by atoms with Crippen molar-refractivity contribution in [3.63, 3.8) is 0 Å². The summed E-state index contributed by atoms with van der Waals surface area (Å²) in [5, 5.41) is 7.64. The standard InChI is InChI=1S/C22H22N4O3S/c1-23-21-19-13-24-20(26-22(27)15-8-9-15)11-18(19)16(12-25-21)7-6-14-4-3-5-17(10-14)30(2,28)29/h3-7,10-13,15H,8-9H2,1-2H3,(H,23,25)(H,24,26,27)/b7-6+. The molecule has 1 aliphatic rings. The number of hydrogen-bond acceptors (Lipinski definition) is 6. The molecule has 2 heterocycles. The highest BCUT2D eigenvalue weighted by atomic mass is 32.2. The number of fused-ring (bicyclic) bond motifs is 1. The van der Waals surface area contributed by atoms with Crippen molar-refractivity contribution in [2.45, 2.75) is 17.7 Å². The maximum Gasteiger partial charge on any atom is 0.228 e. The SMILES string of the molecule is CNc1ncc(/C=C/c2cccc(S(C)(=O)=O)c2)c2cc(NC(=O)C3CC3)ncc12. The molecule has 0 saturated heterocycles. The van der Waals surface area contributed by atoms with Gasteiger partial charge in [-0.2, -0.15) is 0 Å². The lowest BCUT2D eigenvalue weighted by molar-refractivity contribution is -0.117. The van der Waals surface area contributed by atoms with Crippen molar-refractivity contribution in [2.75, 3.05) is 23.9 Å². The molecule has 0 radical (unpaired) electrons. The molecule has 1 fully saturated rings. The van der Waals surface area contributed by atoms with E-state index in [1.54, 1.807) is 37.6 Å². The number of aromatic nitrogens is 2. The van der Waals surface area contributed by atoms with Crippen LogP contribution in [0.25, 0.3) is 22.9 Å². The zero-order valence-electron chi connectivity index (χ0n) is 16.7. The Bertz CT molecular complexity index is 1260. The highest BCUT2D eigenvalue weighted by molar-refractivity contribution is 7.90. The number of carbonyl (C=O) groups is 1. The molecule has 2 aromatic heterocycles. The number of nitrogens with zero attached hydrogens (tertiary/aromatic N) is 2. The van der Waals surface area contributed by atoms with Gasteiger partial charge < -0.3 is 10.6 Å². The molecule has 7 nitrogen and oxygen atoms in total. The van der Waals surface area contributed by atoms with Gasteiger partial charge in [0.25, 0.3) is 0 Å². The highest BCUT2D eigenvalue weighted by Gasteiger charge is 2.29. The molecule has 0 aliphatic heterocycles. The fraction of sp³-hybridized carbons (Fsp3) is 0.227. The van der Waals surface area contributed by atoms with Crippen molar-refractivity contribution in [1.82, 2.24) is 9.97 Å². The van der Waals surface area contributed by atoms with Gasteiger partial charge in [-0.25, -0.2) is 18.4 Å². The summed E-state index contributed by atoms with van der Waals surface area (Å²) in [4.78, 5) is 21.2. The van der Waals surface area contributed by atoms with Gasteiger partial charge in [0.1, 0.15) is 11.6 Å². The second-order valence-corrected chi connectivity index (χ2v) is 9.38. The second kappa shape index (κ2) is 7.87. The fourth-order valence-electron chi connectivity index (χ4n) is 3.17. The van der Waals surface area contributed by atoms with Crippen LogP contribution >= 0.6 is 0 Å². The van der Waals surface area contributed by atoms with Crippen LogP contribution in [0.15, 0.2) is 47.6 Å². The summed E-state index contributed by atoms with van der Waals surface area (Å²) in [5.74, 6) is 1.28. The largest absolute Gasteiger partial charge is 0.373 e. The summed E-state index contributed by atoms with van der Waals surface area (Å²) in [5.41, 5.74) is 1.60. The summed E-state index contributed by atoms with van der Waals surface area (Å²) in [7, 11) is -1.49. The number of carbonyl (C=O) groups excluding carboxylic acids is 1. The zero-order valence-corrected chi connectivity index (χ0v) is 17.5. The topological polar surface area (TPSA) is 101 Å². The van der Waals surface area contributed by atoms with Gasteiger partial charge in [0.15, 0.2) is 9.84 Å². The number of rotatable bonds is 6. The lowest BCUT2D eigenvalue weighted by Crippen LogP contribution is -2.14. The maximum absolute atomic E-state index is 12.1. The van der Waals surface area contributed by atoms with Crippen molar-refractivity contribution in [3.05, 3.63) is 53.9 Å². The molecule has 1 aliphatic carbocycles. The molecule has 0 spiro atoms. The lowest BCUT2D eigenvalue weighted by atomic mass is 10.1. The Hall–Kier alpha value is -3.26. The molecule has 1 amide bonds. The maximum atomic E-state index is 12.1. The molecule has 3 aromatic rings. The van der Waals surface area contributed by atoms with Gasteiger partial charge in [-0.3, -0.25) is 4.79 Å². The molecule has 2 N–H and O–H groups in total. The molecule has 30 heavy (non-hydrogen) atoms. The third-order valence-electron chi connectivity index (χ3n) is 4.98. The van der Waals surface area contributed by atoms with Crippen LogP contribution in [-0.2, 0) is 14.6 Å². The van der Waals surface area contributed by atoms with E-state index in [0.717, 1.165) is 34.7 Å². The van der Waals surface area contributed by atoms with Crippen LogP contribution in [0.2, 0.25) is 0 Å². The summed E-state index contributed by atoms with van der Waals surface area (Å²) in [6.45, 7) is 0. The quantitative estimate of drug-likeness (QED) is 0.630. The summed E-state index contributed by atoms with van der Waals surface area (Å²) < 4.78 is 23.6. The number of sulfone groups is 1. The van der Waals surface area contributed by atoms with Gasteiger partial charge in [-0.1, -0.05) is 24.3 Å². The van der Waals surface area contributed by atoms with E-state index in [2.05, 4.69) is 20.6 Å². The average Bonchev–Trinajstić information content (AvgIpc) is 3.57. The van der Waals surface area contributed by atoms with Crippen LogP contribution < -0.4 is 10.6 Å². The predicted molar refractivity (Wildman–Crippen MR) is 119 cm³/mol. The highest BCUT2D eigenvalue weighted by Crippen LogP contribution is 2.31. The minimum Gasteiger partial charge on any atom is -0.373 e. The van der Waals surface area contributed by atoms with E-state index < -0.39 is 9.84 Å². The first-order valence-corrected chi connectivity index (χ1v) is 11.5. The Morgan fingerprint density at radius 2 is 1.90 bits per heavy atom. The summed E-state index contributed by atoms with van der Waals surface area (Å²) in [6.07, 6.45) is 10.2. The van der Waals surface area contributed by atoms with E-state index >= 15 is 0 Å². The van der Waals surface area contributed by atoms with E-state index in [1.807, 2.05) is 24.3 Å². The van der Waals surface area contributed by atoms with Crippen molar-refractivity contribution in [2.24, 2.45) is 5.92 Å². The van der Waals surface area contributed by atoms with E-state index in [9.17, 15) is 13.2 Å². The van der Waals surface area contributed by atoms with Crippen molar-refractivity contribution in [1.29, 1.82) is 0 Å². The smallest absolute Gasteiger partial charge is 0.228 e. The van der Waals surface area contributed by atoms with Crippen LogP contribution in [0.4, 0.5) is 11.6 Å². The van der Waals surface area contributed by atoms with Crippen LogP contribution in [0.1, 0.15) is 24.0 Å². The van der Waals surface area contributed by atoms with Crippen LogP contribution in [0, 0.1) is 5.92 Å².